The van der Waals surface area contributed by atoms with E-state index in [0.717, 1.165) is 43.2 Å². The standard InChI is InChI=1S/C18H24N4O2S.2ClH/c1-12-20-15(11-25-12)10-22-7-5-13(6-8-22)18(23)21-14-3-4-17(24-2)16(19)9-14;;/h3-4,9,11,13H,5-8,10,19H2,1-2H3,(H,21,23);2*1H. The second kappa shape index (κ2) is 10.7. The second-order valence-electron chi connectivity index (χ2n) is 6.35. The molecule has 1 aromatic carbocycles. The predicted molar refractivity (Wildman–Crippen MR) is 115 cm³/mol. The number of piperidine rings is 1. The lowest BCUT2D eigenvalue weighted by Gasteiger charge is -2.30. The van der Waals surface area contributed by atoms with Crippen molar-refractivity contribution in [1.82, 2.24) is 9.88 Å². The molecule has 27 heavy (non-hydrogen) atoms. The lowest BCUT2D eigenvalue weighted by atomic mass is 9.95. The molecule has 3 rings (SSSR count). The molecule has 150 valence electrons. The SMILES string of the molecule is COc1ccc(NC(=O)C2CCN(Cc3csc(C)n3)CC2)cc1N.Cl.Cl. The number of nitrogen functional groups attached to an aromatic ring is 1. The number of benzene rings is 1. The van der Waals surface area contributed by atoms with E-state index in [1.165, 1.54) is 0 Å². The number of rotatable bonds is 5. The molecule has 1 aromatic heterocycles. The molecule has 1 aliphatic heterocycles. The minimum absolute atomic E-state index is 0. The number of carbonyl (C=O) groups excluding carboxylic acids is 1. The van der Waals surface area contributed by atoms with Gasteiger partial charge in [-0.05, 0) is 51.1 Å². The predicted octanol–water partition coefficient (Wildman–Crippen LogP) is 3.74. The molecule has 1 amide bonds. The Labute approximate surface area is 176 Å². The van der Waals surface area contributed by atoms with Gasteiger partial charge in [-0.3, -0.25) is 9.69 Å². The highest BCUT2D eigenvalue weighted by Gasteiger charge is 2.25. The third-order valence-corrected chi connectivity index (χ3v) is 5.33. The van der Waals surface area contributed by atoms with Gasteiger partial charge in [-0.1, -0.05) is 0 Å². The fourth-order valence-corrected chi connectivity index (χ4v) is 3.72. The Hall–Kier alpha value is -1.54. The van der Waals surface area contributed by atoms with Crippen LogP contribution in [0.2, 0.25) is 0 Å². The van der Waals surface area contributed by atoms with Gasteiger partial charge in [0, 0.05) is 23.5 Å². The van der Waals surface area contributed by atoms with Crippen LogP contribution in [0.25, 0.3) is 0 Å². The van der Waals surface area contributed by atoms with Gasteiger partial charge in [-0.15, -0.1) is 36.2 Å². The third kappa shape index (κ3) is 6.24. The Morgan fingerprint density at radius 2 is 2.07 bits per heavy atom. The number of amides is 1. The van der Waals surface area contributed by atoms with Crippen LogP contribution in [0.1, 0.15) is 23.5 Å². The van der Waals surface area contributed by atoms with E-state index >= 15 is 0 Å². The molecule has 9 heteroatoms. The second-order valence-corrected chi connectivity index (χ2v) is 7.42. The van der Waals surface area contributed by atoms with Crippen LogP contribution in [0.15, 0.2) is 23.6 Å². The van der Waals surface area contributed by atoms with E-state index in [1.807, 2.05) is 13.0 Å². The van der Waals surface area contributed by atoms with Crippen molar-refractivity contribution in [3.63, 3.8) is 0 Å². The van der Waals surface area contributed by atoms with Crippen LogP contribution >= 0.6 is 36.2 Å². The van der Waals surface area contributed by atoms with Crippen molar-refractivity contribution in [2.24, 2.45) is 5.92 Å². The first-order chi connectivity index (χ1) is 12.0. The number of nitrogens with one attached hydrogen (secondary N) is 1. The zero-order valence-electron chi connectivity index (χ0n) is 15.4. The number of thiazole rings is 1. The number of hydrogen-bond acceptors (Lipinski definition) is 6. The first kappa shape index (κ1) is 23.5. The maximum absolute atomic E-state index is 12.5. The summed E-state index contributed by atoms with van der Waals surface area (Å²) in [6.07, 6.45) is 1.72. The lowest BCUT2D eigenvalue weighted by Crippen LogP contribution is -2.37. The summed E-state index contributed by atoms with van der Waals surface area (Å²) in [7, 11) is 1.57. The van der Waals surface area contributed by atoms with E-state index in [2.05, 4.69) is 20.6 Å². The molecule has 0 saturated carbocycles. The number of nitrogens with zero attached hydrogens (tertiary/aromatic N) is 2. The molecule has 0 unspecified atom stereocenters. The minimum Gasteiger partial charge on any atom is -0.495 e. The Morgan fingerprint density at radius 3 is 2.63 bits per heavy atom. The van der Waals surface area contributed by atoms with E-state index in [-0.39, 0.29) is 36.6 Å². The first-order valence-corrected chi connectivity index (χ1v) is 9.31. The molecule has 0 atom stereocenters. The van der Waals surface area contributed by atoms with Crippen LogP contribution < -0.4 is 15.8 Å². The molecule has 0 spiro atoms. The quantitative estimate of drug-likeness (QED) is 0.703. The molecule has 3 N–H and O–H groups in total. The van der Waals surface area contributed by atoms with Gasteiger partial charge in [-0.25, -0.2) is 4.98 Å². The fraction of sp³-hybridized carbons (Fsp3) is 0.444. The van der Waals surface area contributed by atoms with Crippen molar-refractivity contribution >= 4 is 53.4 Å². The van der Waals surface area contributed by atoms with Crippen LogP contribution in [-0.4, -0.2) is 36.0 Å². The molecule has 1 fully saturated rings. The van der Waals surface area contributed by atoms with E-state index in [9.17, 15) is 4.79 Å². The van der Waals surface area contributed by atoms with Crippen molar-refractivity contribution < 1.29 is 9.53 Å². The summed E-state index contributed by atoms with van der Waals surface area (Å²) in [5, 5.41) is 6.18. The Balaban J connectivity index is 0.00000182. The molecule has 1 saturated heterocycles. The van der Waals surface area contributed by atoms with E-state index in [0.29, 0.717) is 17.1 Å². The minimum atomic E-state index is 0. The zero-order chi connectivity index (χ0) is 17.8. The summed E-state index contributed by atoms with van der Waals surface area (Å²) in [6, 6.07) is 5.31. The van der Waals surface area contributed by atoms with Gasteiger partial charge >= 0.3 is 0 Å². The van der Waals surface area contributed by atoms with Gasteiger partial charge < -0.3 is 15.8 Å². The van der Waals surface area contributed by atoms with Crippen LogP contribution in [0.3, 0.4) is 0 Å². The molecule has 0 aliphatic carbocycles. The van der Waals surface area contributed by atoms with Gasteiger partial charge in [0.1, 0.15) is 5.75 Å². The average Bonchev–Trinajstić information content (AvgIpc) is 3.00. The Kier molecular flexibility index (Phi) is 9.32. The first-order valence-electron chi connectivity index (χ1n) is 8.43. The number of halogens is 2. The van der Waals surface area contributed by atoms with E-state index < -0.39 is 0 Å². The number of carbonyl (C=O) groups is 1. The van der Waals surface area contributed by atoms with Crippen LogP contribution in [0.4, 0.5) is 11.4 Å². The highest BCUT2D eigenvalue weighted by Crippen LogP contribution is 2.26. The topological polar surface area (TPSA) is 80.5 Å². The van der Waals surface area contributed by atoms with Gasteiger partial charge in [-0.2, -0.15) is 0 Å². The average molecular weight is 433 g/mol. The summed E-state index contributed by atoms with van der Waals surface area (Å²) < 4.78 is 5.14. The van der Waals surface area contributed by atoms with Crippen LogP contribution in [0, 0.1) is 12.8 Å². The number of likely N-dealkylation sites (tertiary alicyclic amines) is 1. The highest BCUT2D eigenvalue weighted by atomic mass is 35.5. The number of ether oxygens (including phenoxy) is 1. The van der Waals surface area contributed by atoms with Crippen molar-refractivity contribution in [1.29, 1.82) is 0 Å². The van der Waals surface area contributed by atoms with E-state index in [4.69, 9.17) is 10.5 Å². The summed E-state index contributed by atoms with van der Waals surface area (Å²) in [5.74, 6) is 0.717. The van der Waals surface area contributed by atoms with Crippen molar-refractivity contribution in [3.05, 3.63) is 34.3 Å². The summed E-state index contributed by atoms with van der Waals surface area (Å²) >= 11 is 1.68. The normalized spacial score (nSPS) is 14.7. The molecule has 0 bridgehead atoms. The maximum Gasteiger partial charge on any atom is 0.227 e. The van der Waals surface area contributed by atoms with Gasteiger partial charge in [0.25, 0.3) is 0 Å². The van der Waals surface area contributed by atoms with Gasteiger partial charge in [0.05, 0.1) is 23.5 Å². The summed E-state index contributed by atoms with van der Waals surface area (Å²) in [6.45, 7) is 4.73. The number of anilines is 2. The van der Waals surface area contributed by atoms with Crippen LogP contribution in [-0.2, 0) is 11.3 Å². The number of methoxy groups -OCH3 is 1. The van der Waals surface area contributed by atoms with Gasteiger partial charge in [0.15, 0.2) is 0 Å². The van der Waals surface area contributed by atoms with Crippen molar-refractivity contribution in [2.75, 3.05) is 31.2 Å². The molecule has 1 aliphatic rings. The molecule has 2 aromatic rings. The molecular formula is C18H26Cl2N4O2S. The smallest absolute Gasteiger partial charge is 0.227 e. The third-order valence-electron chi connectivity index (χ3n) is 4.51. The molecule has 2 heterocycles. The Bertz CT molecular complexity index is 749. The van der Waals surface area contributed by atoms with Gasteiger partial charge in [0.2, 0.25) is 5.91 Å². The lowest BCUT2D eigenvalue weighted by molar-refractivity contribution is -0.121. The Morgan fingerprint density at radius 1 is 1.37 bits per heavy atom. The van der Waals surface area contributed by atoms with Crippen molar-refractivity contribution in [3.8, 4) is 5.75 Å². The number of hydrogen-bond donors (Lipinski definition) is 2. The number of aromatic nitrogens is 1. The summed E-state index contributed by atoms with van der Waals surface area (Å²) in [5.41, 5.74) is 8.25. The largest absolute Gasteiger partial charge is 0.495 e. The van der Waals surface area contributed by atoms with E-state index in [1.54, 1.807) is 30.6 Å². The summed E-state index contributed by atoms with van der Waals surface area (Å²) in [4.78, 5) is 19.4. The highest BCUT2D eigenvalue weighted by molar-refractivity contribution is 7.09. The van der Waals surface area contributed by atoms with Crippen LogP contribution in [0.5, 0.6) is 5.75 Å². The molecule has 0 radical (unpaired) electrons. The zero-order valence-corrected chi connectivity index (χ0v) is 17.9. The van der Waals surface area contributed by atoms with Crippen molar-refractivity contribution in [2.45, 2.75) is 26.3 Å². The molecular weight excluding hydrogens is 407 g/mol. The molecule has 6 nitrogen and oxygen atoms in total. The number of aryl methyl sites for hydroxylation is 1. The number of nitrogens with two attached hydrogens (primary N) is 1. The fourth-order valence-electron chi connectivity index (χ4n) is 3.12. The monoisotopic (exact) mass is 432 g/mol. The maximum atomic E-state index is 12.5.